The number of aliphatic hydroxyl groups is 1. The van der Waals surface area contributed by atoms with E-state index >= 15 is 0 Å². The third-order valence-corrected chi connectivity index (χ3v) is 5.00. The molecule has 2 fully saturated rings. The maximum absolute atomic E-state index is 10.6. The monoisotopic (exact) mass is 324 g/mol. The molecule has 2 aliphatic heterocycles. The van der Waals surface area contributed by atoms with Gasteiger partial charge < -0.3 is 24.5 Å². The SMILES string of the molecule is COCC1CCCN1CC1OCC(NCc2nccn2C)C1O. The van der Waals surface area contributed by atoms with Gasteiger partial charge in [0.2, 0.25) is 0 Å². The summed E-state index contributed by atoms with van der Waals surface area (Å²) in [5.41, 5.74) is 0. The smallest absolute Gasteiger partial charge is 0.122 e. The van der Waals surface area contributed by atoms with E-state index in [9.17, 15) is 5.11 Å². The van der Waals surface area contributed by atoms with Gasteiger partial charge in [-0.3, -0.25) is 4.90 Å². The van der Waals surface area contributed by atoms with E-state index in [1.165, 1.54) is 6.42 Å². The average Bonchev–Trinajstić information content (AvgIpc) is 3.23. The molecule has 3 rings (SSSR count). The average molecular weight is 324 g/mol. The second-order valence-corrected chi connectivity index (χ2v) is 6.55. The fourth-order valence-corrected chi connectivity index (χ4v) is 3.56. The molecule has 23 heavy (non-hydrogen) atoms. The van der Waals surface area contributed by atoms with Crippen LogP contribution in [-0.4, -0.2) is 77.3 Å². The number of methoxy groups -OCH3 is 1. The van der Waals surface area contributed by atoms with E-state index in [0.717, 1.165) is 31.9 Å². The Morgan fingerprint density at radius 2 is 2.39 bits per heavy atom. The fourth-order valence-electron chi connectivity index (χ4n) is 3.56. The third-order valence-electron chi connectivity index (χ3n) is 5.00. The summed E-state index contributed by atoms with van der Waals surface area (Å²) in [6.07, 6.45) is 5.44. The number of likely N-dealkylation sites (tertiary alicyclic amines) is 1. The Hall–Kier alpha value is -0.990. The van der Waals surface area contributed by atoms with Gasteiger partial charge in [0.05, 0.1) is 38.0 Å². The molecule has 4 atom stereocenters. The standard InChI is InChI=1S/C16H28N4O3/c1-19-7-5-17-15(19)8-18-13-11-23-14(16(13)21)9-20-6-3-4-12(20)10-22-2/h5,7,12-14,16,18,21H,3-4,6,8-11H2,1-2H3. The van der Waals surface area contributed by atoms with E-state index in [4.69, 9.17) is 9.47 Å². The molecule has 2 aliphatic rings. The minimum atomic E-state index is -0.487. The number of aromatic nitrogens is 2. The maximum atomic E-state index is 10.6. The van der Waals surface area contributed by atoms with E-state index in [-0.39, 0.29) is 12.1 Å². The predicted molar refractivity (Wildman–Crippen MR) is 86.1 cm³/mol. The van der Waals surface area contributed by atoms with Crippen LogP contribution >= 0.6 is 0 Å². The van der Waals surface area contributed by atoms with Gasteiger partial charge in [-0.1, -0.05) is 0 Å². The van der Waals surface area contributed by atoms with E-state index in [1.807, 2.05) is 17.8 Å². The van der Waals surface area contributed by atoms with Gasteiger partial charge in [0.15, 0.2) is 0 Å². The number of hydrogen-bond donors (Lipinski definition) is 2. The summed E-state index contributed by atoms with van der Waals surface area (Å²) in [5.74, 6) is 0.959. The zero-order valence-corrected chi connectivity index (χ0v) is 14.0. The van der Waals surface area contributed by atoms with Gasteiger partial charge in [0.25, 0.3) is 0 Å². The molecular formula is C16H28N4O3. The lowest BCUT2D eigenvalue weighted by molar-refractivity contribution is 0.00449. The number of rotatable bonds is 7. The Labute approximate surface area is 137 Å². The van der Waals surface area contributed by atoms with Crippen molar-refractivity contribution in [3.05, 3.63) is 18.2 Å². The molecule has 1 aromatic heterocycles. The van der Waals surface area contributed by atoms with Crippen LogP contribution in [0.4, 0.5) is 0 Å². The molecule has 7 nitrogen and oxygen atoms in total. The predicted octanol–water partition coefficient (Wildman–Crippen LogP) is -0.251. The van der Waals surface area contributed by atoms with E-state index < -0.39 is 6.10 Å². The Morgan fingerprint density at radius 3 is 3.13 bits per heavy atom. The van der Waals surface area contributed by atoms with Gasteiger partial charge in [0.1, 0.15) is 5.82 Å². The number of hydrogen-bond acceptors (Lipinski definition) is 6. The Morgan fingerprint density at radius 1 is 1.52 bits per heavy atom. The van der Waals surface area contributed by atoms with Crippen molar-refractivity contribution >= 4 is 0 Å². The molecule has 0 saturated carbocycles. The molecule has 0 spiro atoms. The summed E-state index contributed by atoms with van der Waals surface area (Å²) in [4.78, 5) is 6.68. The van der Waals surface area contributed by atoms with E-state index in [1.54, 1.807) is 13.3 Å². The first-order chi connectivity index (χ1) is 11.2. The highest BCUT2D eigenvalue weighted by molar-refractivity contribution is 4.95. The molecule has 4 unspecified atom stereocenters. The number of ether oxygens (including phenoxy) is 2. The molecule has 0 radical (unpaired) electrons. The molecule has 7 heteroatoms. The van der Waals surface area contributed by atoms with Crippen LogP contribution in [0.1, 0.15) is 18.7 Å². The van der Waals surface area contributed by atoms with Crippen molar-refractivity contribution in [3.8, 4) is 0 Å². The molecule has 0 amide bonds. The number of aryl methyl sites for hydroxylation is 1. The molecular weight excluding hydrogens is 296 g/mol. The molecule has 0 aromatic carbocycles. The van der Waals surface area contributed by atoms with Gasteiger partial charge in [-0.2, -0.15) is 0 Å². The lowest BCUT2D eigenvalue weighted by atomic mass is 10.1. The summed E-state index contributed by atoms with van der Waals surface area (Å²) in [6, 6.07) is 0.413. The molecule has 0 aliphatic carbocycles. The highest BCUT2D eigenvalue weighted by Crippen LogP contribution is 2.22. The van der Waals surface area contributed by atoms with Gasteiger partial charge in [-0.25, -0.2) is 4.98 Å². The van der Waals surface area contributed by atoms with Crippen LogP contribution in [0.25, 0.3) is 0 Å². The zero-order chi connectivity index (χ0) is 16.2. The molecule has 3 heterocycles. The number of nitrogens with one attached hydrogen (secondary N) is 1. The Balaban J connectivity index is 1.48. The first-order valence-electron chi connectivity index (χ1n) is 8.41. The Bertz CT molecular complexity index is 495. The second kappa shape index (κ2) is 7.72. The minimum absolute atomic E-state index is 0.0415. The van der Waals surface area contributed by atoms with Gasteiger partial charge in [0, 0.05) is 39.1 Å². The van der Waals surface area contributed by atoms with Crippen LogP contribution in [0.2, 0.25) is 0 Å². The highest BCUT2D eigenvalue weighted by Gasteiger charge is 2.38. The molecule has 130 valence electrons. The quantitative estimate of drug-likeness (QED) is 0.721. The van der Waals surface area contributed by atoms with Crippen LogP contribution in [0.3, 0.4) is 0 Å². The third kappa shape index (κ3) is 3.92. The number of nitrogens with zero attached hydrogens (tertiary/aromatic N) is 3. The van der Waals surface area contributed by atoms with Crippen LogP contribution in [0, 0.1) is 0 Å². The summed E-state index contributed by atoms with van der Waals surface area (Å²) in [7, 11) is 3.71. The van der Waals surface area contributed by atoms with Gasteiger partial charge >= 0.3 is 0 Å². The number of aliphatic hydroxyl groups excluding tert-OH is 1. The second-order valence-electron chi connectivity index (χ2n) is 6.55. The lowest BCUT2D eigenvalue weighted by Gasteiger charge is -2.28. The summed E-state index contributed by atoms with van der Waals surface area (Å²) >= 11 is 0. The highest BCUT2D eigenvalue weighted by atomic mass is 16.5. The van der Waals surface area contributed by atoms with Crippen LogP contribution in [0.5, 0.6) is 0 Å². The normalized spacial score (nSPS) is 32.0. The van der Waals surface area contributed by atoms with Crippen molar-refractivity contribution in [2.45, 2.75) is 43.7 Å². The fraction of sp³-hybridized carbons (Fsp3) is 0.812. The van der Waals surface area contributed by atoms with Crippen molar-refractivity contribution in [1.82, 2.24) is 19.8 Å². The van der Waals surface area contributed by atoms with E-state index in [2.05, 4.69) is 15.2 Å². The van der Waals surface area contributed by atoms with Crippen LogP contribution < -0.4 is 5.32 Å². The van der Waals surface area contributed by atoms with Crippen molar-refractivity contribution in [3.63, 3.8) is 0 Å². The lowest BCUT2D eigenvalue weighted by Crippen LogP contribution is -2.46. The first-order valence-corrected chi connectivity index (χ1v) is 8.41. The van der Waals surface area contributed by atoms with Crippen molar-refractivity contribution < 1.29 is 14.6 Å². The van der Waals surface area contributed by atoms with Crippen molar-refractivity contribution in [2.24, 2.45) is 7.05 Å². The minimum Gasteiger partial charge on any atom is -0.389 e. The summed E-state index contributed by atoms with van der Waals surface area (Å²) in [6.45, 7) is 3.77. The van der Waals surface area contributed by atoms with Crippen LogP contribution in [-0.2, 0) is 23.1 Å². The summed E-state index contributed by atoms with van der Waals surface area (Å²) < 4.78 is 13.1. The largest absolute Gasteiger partial charge is 0.389 e. The van der Waals surface area contributed by atoms with Crippen molar-refractivity contribution in [1.29, 1.82) is 0 Å². The van der Waals surface area contributed by atoms with E-state index in [0.29, 0.717) is 19.2 Å². The molecule has 2 saturated heterocycles. The number of imidazole rings is 1. The van der Waals surface area contributed by atoms with Gasteiger partial charge in [-0.05, 0) is 19.4 Å². The zero-order valence-electron chi connectivity index (χ0n) is 14.0. The molecule has 0 bridgehead atoms. The summed E-state index contributed by atoms with van der Waals surface area (Å²) in [5, 5.41) is 13.9. The molecule has 2 N–H and O–H groups in total. The first kappa shape index (κ1) is 16.9. The van der Waals surface area contributed by atoms with Crippen molar-refractivity contribution in [2.75, 3.05) is 33.4 Å². The molecule has 1 aromatic rings. The Kier molecular flexibility index (Phi) is 5.66. The van der Waals surface area contributed by atoms with Gasteiger partial charge in [-0.15, -0.1) is 0 Å². The topological polar surface area (TPSA) is 71.8 Å². The van der Waals surface area contributed by atoms with Crippen LogP contribution in [0.15, 0.2) is 12.4 Å². The maximum Gasteiger partial charge on any atom is 0.122 e.